The van der Waals surface area contributed by atoms with E-state index in [1.54, 1.807) is 4.90 Å². The first kappa shape index (κ1) is 12.9. The second-order valence-electron chi connectivity index (χ2n) is 5.43. The summed E-state index contributed by atoms with van der Waals surface area (Å²) in [7, 11) is 0. The number of rotatable bonds is 4. The van der Waals surface area contributed by atoms with Gasteiger partial charge in [0.05, 0.1) is 12.2 Å². The van der Waals surface area contributed by atoms with Gasteiger partial charge in [-0.15, -0.1) is 5.10 Å². The highest BCUT2D eigenvalue weighted by Crippen LogP contribution is 2.25. The Morgan fingerprint density at radius 3 is 2.70 bits per heavy atom. The third-order valence-corrected chi connectivity index (χ3v) is 4.02. The molecular formula is C12H17N5O3. The fraction of sp³-hybridized carbons (Fsp3) is 0.667. The molecule has 8 nitrogen and oxygen atoms in total. The van der Waals surface area contributed by atoms with E-state index in [4.69, 9.17) is 5.11 Å². The van der Waals surface area contributed by atoms with Gasteiger partial charge in [0.25, 0.3) is 0 Å². The van der Waals surface area contributed by atoms with Gasteiger partial charge in [-0.05, 0) is 18.8 Å². The molecule has 1 aromatic rings. The molecule has 108 valence electrons. The largest absolute Gasteiger partial charge is 0.476 e. The summed E-state index contributed by atoms with van der Waals surface area (Å²) in [4.78, 5) is 24.2. The Morgan fingerprint density at radius 1 is 1.40 bits per heavy atom. The molecule has 0 radical (unpaired) electrons. The SMILES string of the molecule is O=C(O)c1cn(C2CN(C(=O)NCC3CCC3)C2)nn1. The van der Waals surface area contributed by atoms with Crippen LogP contribution in [0.25, 0.3) is 0 Å². The van der Waals surface area contributed by atoms with Crippen LogP contribution in [0.15, 0.2) is 6.20 Å². The second-order valence-corrected chi connectivity index (χ2v) is 5.43. The predicted octanol–water partition coefficient (Wildman–Crippen LogP) is 0.343. The molecule has 1 saturated heterocycles. The minimum atomic E-state index is -1.09. The fourth-order valence-corrected chi connectivity index (χ4v) is 2.38. The third-order valence-electron chi connectivity index (χ3n) is 4.02. The number of carboxylic acid groups (broad SMARTS) is 1. The molecule has 2 amide bonds. The van der Waals surface area contributed by atoms with E-state index in [1.807, 2.05) is 0 Å². The van der Waals surface area contributed by atoms with Gasteiger partial charge in [-0.25, -0.2) is 14.3 Å². The Balaban J connectivity index is 1.45. The molecule has 0 bridgehead atoms. The summed E-state index contributed by atoms with van der Waals surface area (Å²) in [5, 5.41) is 19.0. The van der Waals surface area contributed by atoms with Crippen LogP contribution in [0, 0.1) is 5.92 Å². The molecule has 2 fully saturated rings. The van der Waals surface area contributed by atoms with E-state index in [2.05, 4.69) is 15.6 Å². The van der Waals surface area contributed by atoms with Crippen molar-refractivity contribution < 1.29 is 14.7 Å². The fourth-order valence-electron chi connectivity index (χ4n) is 2.38. The highest BCUT2D eigenvalue weighted by molar-refractivity contribution is 5.84. The Kier molecular flexibility index (Phi) is 3.29. The maximum atomic E-state index is 11.8. The average Bonchev–Trinajstić information content (AvgIpc) is 2.74. The molecule has 1 aliphatic heterocycles. The van der Waals surface area contributed by atoms with Crippen LogP contribution in [0.1, 0.15) is 35.8 Å². The summed E-state index contributed by atoms with van der Waals surface area (Å²) in [5.41, 5.74) is -0.0714. The summed E-state index contributed by atoms with van der Waals surface area (Å²) in [6, 6.07) is -0.0308. The zero-order valence-corrected chi connectivity index (χ0v) is 11.0. The van der Waals surface area contributed by atoms with E-state index in [-0.39, 0.29) is 17.8 Å². The summed E-state index contributed by atoms with van der Waals surface area (Å²) in [6.07, 6.45) is 5.08. The van der Waals surface area contributed by atoms with Gasteiger partial charge in [0.2, 0.25) is 0 Å². The van der Waals surface area contributed by atoms with E-state index in [0.29, 0.717) is 19.0 Å². The van der Waals surface area contributed by atoms with Crippen LogP contribution in [0.5, 0.6) is 0 Å². The van der Waals surface area contributed by atoms with Crippen molar-refractivity contribution in [1.29, 1.82) is 0 Å². The minimum Gasteiger partial charge on any atom is -0.476 e. The molecule has 0 atom stereocenters. The highest BCUT2D eigenvalue weighted by Gasteiger charge is 2.33. The standard InChI is InChI=1S/C12H17N5O3/c18-11(19)10-7-17(15-14-10)9-5-16(6-9)12(20)13-4-8-2-1-3-8/h7-9H,1-6H2,(H,13,20)(H,18,19). The Morgan fingerprint density at radius 2 is 2.15 bits per heavy atom. The molecule has 3 rings (SSSR count). The molecule has 2 N–H and O–H groups in total. The summed E-state index contributed by atoms with van der Waals surface area (Å²) >= 11 is 0. The van der Waals surface area contributed by atoms with Crippen LogP contribution in [0.4, 0.5) is 4.79 Å². The average molecular weight is 279 g/mol. The van der Waals surface area contributed by atoms with Crippen molar-refractivity contribution in [2.24, 2.45) is 5.92 Å². The molecule has 8 heteroatoms. The number of hydrogen-bond acceptors (Lipinski definition) is 4. The van der Waals surface area contributed by atoms with Crippen molar-refractivity contribution in [2.45, 2.75) is 25.3 Å². The van der Waals surface area contributed by atoms with Gasteiger partial charge in [0, 0.05) is 19.6 Å². The number of aromatic nitrogens is 3. The number of carbonyl (C=O) groups is 2. The van der Waals surface area contributed by atoms with Gasteiger partial charge >= 0.3 is 12.0 Å². The van der Waals surface area contributed by atoms with Crippen molar-refractivity contribution in [3.05, 3.63) is 11.9 Å². The van der Waals surface area contributed by atoms with Gasteiger partial charge < -0.3 is 15.3 Å². The number of carboxylic acids is 1. The zero-order valence-electron chi connectivity index (χ0n) is 11.0. The lowest BCUT2D eigenvalue weighted by Gasteiger charge is -2.39. The maximum Gasteiger partial charge on any atom is 0.358 e. The number of carbonyl (C=O) groups excluding carboxylic acids is 1. The lowest BCUT2D eigenvalue weighted by Crippen LogP contribution is -2.55. The number of nitrogens with one attached hydrogen (secondary N) is 1. The number of likely N-dealkylation sites (tertiary alicyclic amines) is 1. The van der Waals surface area contributed by atoms with Gasteiger partial charge in [-0.3, -0.25) is 0 Å². The number of hydrogen-bond donors (Lipinski definition) is 2. The second kappa shape index (κ2) is 5.10. The summed E-state index contributed by atoms with van der Waals surface area (Å²) in [6.45, 7) is 1.84. The van der Waals surface area contributed by atoms with Crippen molar-refractivity contribution in [2.75, 3.05) is 19.6 Å². The van der Waals surface area contributed by atoms with Crippen LogP contribution < -0.4 is 5.32 Å². The maximum absolute atomic E-state index is 11.8. The topological polar surface area (TPSA) is 100 Å². The van der Waals surface area contributed by atoms with Crippen LogP contribution >= 0.6 is 0 Å². The van der Waals surface area contributed by atoms with Crippen molar-refractivity contribution >= 4 is 12.0 Å². The van der Waals surface area contributed by atoms with Crippen LogP contribution in [-0.4, -0.2) is 56.6 Å². The van der Waals surface area contributed by atoms with E-state index < -0.39 is 5.97 Å². The molecule has 0 aromatic carbocycles. The van der Waals surface area contributed by atoms with E-state index in [9.17, 15) is 9.59 Å². The summed E-state index contributed by atoms with van der Waals surface area (Å²) in [5.74, 6) is -0.449. The van der Waals surface area contributed by atoms with Crippen LogP contribution in [0.2, 0.25) is 0 Å². The molecule has 1 aliphatic carbocycles. The monoisotopic (exact) mass is 279 g/mol. The quantitative estimate of drug-likeness (QED) is 0.828. The normalized spacial score (nSPS) is 19.3. The van der Waals surface area contributed by atoms with Gasteiger partial charge in [-0.2, -0.15) is 0 Å². The minimum absolute atomic E-state index is 0.0186. The first-order chi connectivity index (χ1) is 9.63. The van der Waals surface area contributed by atoms with E-state index in [1.165, 1.54) is 30.1 Å². The Bertz CT molecular complexity index is 519. The molecule has 2 aliphatic rings. The molecule has 0 spiro atoms. The predicted molar refractivity (Wildman–Crippen MR) is 68.3 cm³/mol. The first-order valence-electron chi connectivity index (χ1n) is 6.81. The number of amides is 2. The molecule has 1 aromatic heterocycles. The van der Waals surface area contributed by atoms with E-state index in [0.717, 1.165) is 6.54 Å². The Hall–Kier alpha value is -2.12. The molecule has 0 unspecified atom stereocenters. The number of urea groups is 1. The Labute approximate surface area is 115 Å². The van der Waals surface area contributed by atoms with Crippen molar-refractivity contribution in [3.63, 3.8) is 0 Å². The smallest absolute Gasteiger partial charge is 0.358 e. The van der Waals surface area contributed by atoms with Gasteiger partial charge in [-0.1, -0.05) is 11.6 Å². The lowest BCUT2D eigenvalue weighted by atomic mass is 9.85. The van der Waals surface area contributed by atoms with Crippen molar-refractivity contribution in [1.82, 2.24) is 25.2 Å². The van der Waals surface area contributed by atoms with Gasteiger partial charge in [0.15, 0.2) is 5.69 Å². The zero-order chi connectivity index (χ0) is 14.1. The van der Waals surface area contributed by atoms with Crippen LogP contribution in [0.3, 0.4) is 0 Å². The third kappa shape index (κ3) is 2.45. The molecule has 20 heavy (non-hydrogen) atoms. The lowest BCUT2D eigenvalue weighted by molar-refractivity contribution is 0.0690. The van der Waals surface area contributed by atoms with Crippen LogP contribution in [-0.2, 0) is 0 Å². The first-order valence-corrected chi connectivity index (χ1v) is 6.81. The van der Waals surface area contributed by atoms with Gasteiger partial charge in [0.1, 0.15) is 0 Å². The summed E-state index contributed by atoms with van der Waals surface area (Å²) < 4.78 is 1.51. The molecule has 1 saturated carbocycles. The number of aromatic carboxylic acids is 1. The molecular weight excluding hydrogens is 262 g/mol. The van der Waals surface area contributed by atoms with Crippen molar-refractivity contribution in [3.8, 4) is 0 Å². The highest BCUT2D eigenvalue weighted by atomic mass is 16.4. The number of nitrogens with zero attached hydrogens (tertiary/aromatic N) is 4. The molecule has 2 heterocycles. The van der Waals surface area contributed by atoms with E-state index >= 15 is 0 Å².